The molecule has 3 rings (SSSR count). The summed E-state index contributed by atoms with van der Waals surface area (Å²) in [6.07, 6.45) is 1.37. The number of carbonyl (C=O) groups excluding carboxylic acids is 1. The number of carbonyl (C=O) groups is 1. The van der Waals surface area contributed by atoms with Crippen molar-refractivity contribution < 1.29 is 17.9 Å². The fourth-order valence-electron chi connectivity index (χ4n) is 3.28. The number of ether oxygens (including phenoxy) is 1. The number of aromatic nitrogens is 1. The number of amides is 1. The van der Waals surface area contributed by atoms with Crippen LogP contribution in [0.1, 0.15) is 27.2 Å². The summed E-state index contributed by atoms with van der Waals surface area (Å²) in [6, 6.07) is 4.51. The molecule has 1 fully saturated rings. The highest BCUT2D eigenvalue weighted by Crippen LogP contribution is 2.35. The normalized spacial score (nSPS) is 18.2. The van der Waals surface area contributed by atoms with E-state index in [0.29, 0.717) is 17.2 Å². The van der Waals surface area contributed by atoms with Crippen LogP contribution in [0.2, 0.25) is 10.2 Å². The summed E-state index contributed by atoms with van der Waals surface area (Å²) in [5.74, 6) is 0. The van der Waals surface area contributed by atoms with Gasteiger partial charge in [0.1, 0.15) is 10.8 Å². The fourth-order valence-corrected chi connectivity index (χ4v) is 5.51. The summed E-state index contributed by atoms with van der Waals surface area (Å²) in [4.78, 5) is 17.8. The SMILES string of the molecule is CN(C(=O)OC(C)(C)C)[C@H]1CCN(S(=O)(=O)c2cccc3c(Cl)ncc(Cl)c23)C1. The summed E-state index contributed by atoms with van der Waals surface area (Å²) in [6.45, 7) is 5.81. The molecule has 29 heavy (non-hydrogen) atoms. The van der Waals surface area contributed by atoms with Crippen LogP contribution in [0, 0.1) is 0 Å². The maximum absolute atomic E-state index is 13.3. The van der Waals surface area contributed by atoms with Crippen LogP contribution in [0.3, 0.4) is 0 Å². The molecular formula is C19H23Cl2N3O4S. The van der Waals surface area contributed by atoms with Gasteiger partial charge in [0.05, 0.1) is 9.92 Å². The monoisotopic (exact) mass is 459 g/mol. The molecule has 1 aliphatic rings. The number of likely N-dealkylation sites (N-methyl/N-ethyl adjacent to an activating group) is 1. The van der Waals surface area contributed by atoms with Crippen LogP contribution in [0.5, 0.6) is 0 Å². The Morgan fingerprint density at radius 2 is 2.00 bits per heavy atom. The Hall–Kier alpha value is -1.61. The Balaban J connectivity index is 1.88. The average Bonchev–Trinajstić information content (AvgIpc) is 3.13. The molecule has 0 aliphatic carbocycles. The first-order valence-electron chi connectivity index (χ1n) is 9.10. The van der Waals surface area contributed by atoms with Crippen molar-refractivity contribution in [3.05, 3.63) is 34.6 Å². The van der Waals surface area contributed by atoms with Crippen molar-refractivity contribution in [2.24, 2.45) is 0 Å². The number of nitrogens with zero attached hydrogens (tertiary/aromatic N) is 3. The zero-order chi connectivity index (χ0) is 21.6. The smallest absolute Gasteiger partial charge is 0.410 e. The zero-order valence-corrected chi connectivity index (χ0v) is 19.0. The molecular weight excluding hydrogens is 437 g/mol. The van der Waals surface area contributed by atoms with Crippen molar-refractivity contribution in [1.82, 2.24) is 14.2 Å². The molecule has 158 valence electrons. The number of hydrogen-bond donors (Lipinski definition) is 0. The first-order chi connectivity index (χ1) is 13.4. The van der Waals surface area contributed by atoms with Crippen LogP contribution in [0.4, 0.5) is 4.79 Å². The van der Waals surface area contributed by atoms with Gasteiger partial charge in [-0.3, -0.25) is 0 Å². The predicted molar refractivity (Wildman–Crippen MR) is 113 cm³/mol. The number of hydrogen-bond acceptors (Lipinski definition) is 5. The summed E-state index contributed by atoms with van der Waals surface area (Å²) in [7, 11) is -2.23. The van der Waals surface area contributed by atoms with Crippen LogP contribution in [-0.2, 0) is 14.8 Å². The molecule has 1 amide bonds. The fraction of sp³-hybridized carbons (Fsp3) is 0.474. The number of sulfonamides is 1. The van der Waals surface area contributed by atoms with Gasteiger partial charge < -0.3 is 9.64 Å². The van der Waals surface area contributed by atoms with Crippen molar-refractivity contribution >= 4 is 50.1 Å². The van der Waals surface area contributed by atoms with E-state index >= 15 is 0 Å². The number of pyridine rings is 1. The van der Waals surface area contributed by atoms with Gasteiger partial charge in [-0.15, -0.1) is 0 Å². The summed E-state index contributed by atoms with van der Waals surface area (Å²) < 4.78 is 33.4. The molecule has 0 unspecified atom stereocenters. The lowest BCUT2D eigenvalue weighted by molar-refractivity contribution is 0.0232. The average molecular weight is 460 g/mol. The molecule has 1 atom stereocenters. The molecule has 0 bridgehead atoms. The highest BCUT2D eigenvalue weighted by Gasteiger charge is 2.37. The first-order valence-corrected chi connectivity index (χ1v) is 11.3. The lowest BCUT2D eigenvalue weighted by Crippen LogP contribution is -2.42. The largest absolute Gasteiger partial charge is 0.444 e. The van der Waals surface area contributed by atoms with Crippen LogP contribution in [0.15, 0.2) is 29.3 Å². The predicted octanol–water partition coefficient (Wildman–Crippen LogP) is 4.17. The third-order valence-corrected chi connectivity index (χ3v) is 7.25. The Kier molecular flexibility index (Phi) is 6.02. The Labute approximate surface area is 180 Å². The minimum atomic E-state index is -3.85. The Morgan fingerprint density at radius 3 is 2.66 bits per heavy atom. The van der Waals surface area contributed by atoms with Crippen molar-refractivity contribution in [3.63, 3.8) is 0 Å². The molecule has 1 aromatic heterocycles. The molecule has 10 heteroatoms. The van der Waals surface area contributed by atoms with E-state index in [1.807, 2.05) is 0 Å². The molecule has 2 heterocycles. The lowest BCUT2D eigenvalue weighted by Gasteiger charge is -2.28. The van der Waals surface area contributed by atoms with Crippen molar-refractivity contribution in [1.29, 1.82) is 0 Å². The van der Waals surface area contributed by atoms with Crippen molar-refractivity contribution in [2.75, 3.05) is 20.1 Å². The zero-order valence-electron chi connectivity index (χ0n) is 16.6. The quantitative estimate of drug-likeness (QED) is 0.643. The minimum absolute atomic E-state index is 0.0740. The van der Waals surface area contributed by atoms with Crippen LogP contribution >= 0.6 is 23.2 Å². The van der Waals surface area contributed by atoms with Crippen LogP contribution < -0.4 is 0 Å². The van der Waals surface area contributed by atoms with E-state index in [-0.39, 0.29) is 34.2 Å². The molecule has 7 nitrogen and oxygen atoms in total. The summed E-state index contributed by atoms with van der Waals surface area (Å²) in [5, 5.41) is 1.22. The third kappa shape index (κ3) is 4.45. The standard InChI is InChI=1S/C19H23Cl2N3O4S/c1-19(2,3)28-18(25)23(4)12-8-9-24(11-12)29(26,27)15-7-5-6-13-16(15)14(20)10-22-17(13)21/h5-7,10,12H,8-9,11H2,1-4H3/t12-/m0/s1. The van der Waals surface area contributed by atoms with Gasteiger partial charge >= 0.3 is 6.09 Å². The third-order valence-electron chi connectivity index (χ3n) is 4.75. The molecule has 2 aromatic rings. The van der Waals surface area contributed by atoms with Crippen molar-refractivity contribution in [2.45, 2.75) is 43.7 Å². The van der Waals surface area contributed by atoms with E-state index in [0.717, 1.165) is 0 Å². The number of rotatable bonds is 3. The summed E-state index contributed by atoms with van der Waals surface area (Å²) in [5.41, 5.74) is -0.622. The van der Waals surface area contributed by atoms with Gasteiger partial charge in [-0.2, -0.15) is 4.31 Å². The topological polar surface area (TPSA) is 79.8 Å². The second-order valence-corrected chi connectivity index (χ2v) is 10.6. The van der Waals surface area contributed by atoms with Gasteiger partial charge in [0.2, 0.25) is 10.0 Å². The van der Waals surface area contributed by atoms with E-state index in [2.05, 4.69) is 4.98 Å². The second kappa shape index (κ2) is 7.91. The molecule has 0 N–H and O–H groups in total. The maximum Gasteiger partial charge on any atom is 0.410 e. The van der Waals surface area contributed by atoms with E-state index in [1.165, 1.54) is 21.5 Å². The maximum atomic E-state index is 13.3. The van der Waals surface area contributed by atoms with Gasteiger partial charge in [-0.05, 0) is 33.3 Å². The molecule has 0 saturated carbocycles. The van der Waals surface area contributed by atoms with Gasteiger partial charge in [0, 0.05) is 43.1 Å². The molecule has 1 aliphatic heterocycles. The van der Waals surface area contributed by atoms with E-state index < -0.39 is 21.7 Å². The van der Waals surface area contributed by atoms with Gasteiger partial charge in [-0.25, -0.2) is 18.2 Å². The highest BCUT2D eigenvalue weighted by atomic mass is 35.5. The Bertz CT molecular complexity index is 1050. The minimum Gasteiger partial charge on any atom is -0.444 e. The highest BCUT2D eigenvalue weighted by molar-refractivity contribution is 7.89. The number of fused-ring (bicyclic) bond motifs is 1. The molecule has 0 radical (unpaired) electrons. The number of halogens is 2. The molecule has 1 saturated heterocycles. The van der Waals surface area contributed by atoms with Gasteiger partial charge in [0.15, 0.2) is 0 Å². The van der Waals surface area contributed by atoms with Crippen LogP contribution in [-0.4, -0.2) is 60.5 Å². The molecule has 1 aromatic carbocycles. The Morgan fingerprint density at radius 1 is 1.31 bits per heavy atom. The van der Waals surface area contributed by atoms with Crippen LogP contribution in [0.25, 0.3) is 10.8 Å². The second-order valence-electron chi connectivity index (χ2n) is 7.97. The van der Waals surface area contributed by atoms with E-state index in [9.17, 15) is 13.2 Å². The first kappa shape index (κ1) is 22.1. The van der Waals surface area contributed by atoms with E-state index in [1.54, 1.807) is 40.0 Å². The van der Waals surface area contributed by atoms with Gasteiger partial charge in [-0.1, -0.05) is 35.3 Å². The lowest BCUT2D eigenvalue weighted by atomic mass is 10.2. The molecule has 0 spiro atoms. The summed E-state index contributed by atoms with van der Waals surface area (Å²) >= 11 is 12.4. The van der Waals surface area contributed by atoms with Gasteiger partial charge in [0.25, 0.3) is 0 Å². The van der Waals surface area contributed by atoms with Crippen molar-refractivity contribution in [3.8, 4) is 0 Å². The van der Waals surface area contributed by atoms with E-state index in [4.69, 9.17) is 27.9 Å². The number of benzene rings is 1.